The van der Waals surface area contributed by atoms with Gasteiger partial charge in [-0.2, -0.15) is 0 Å². The third kappa shape index (κ3) is 6.49. The molecule has 3 aromatic rings. The Morgan fingerprint density at radius 3 is 2.58 bits per heavy atom. The zero-order chi connectivity index (χ0) is 22.2. The molecule has 1 aromatic carbocycles. The van der Waals surface area contributed by atoms with Crippen LogP contribution in [0.4, 0.5) is 0 Å². The van der Waals surface area contributed by atoms with E-state index in [9.17, 15) is 4.79 Å². The summed E-state index contributed by atoms with van der Waals surface area (Å²) < 4.78 is 5.65. The topological polar surface area (TPSA) is 71.3 Å². The van der Waals surface area contributed by atoms with Crippen molar-refractivity contribution >= 4 is 5.91 Å². The van der Waals surface area contributed by atoms with Gasteiger partial charge in [0.15, 0.2) is 5.69 Å². The lowest BCUT2D eigenvalue weighted by Gasteiger charge is -2.31. The first-order valence-electron chi connectivity index (χ1n) is 10.8. The third-order valence-electron chi connectivity index (χ3n) is 5.69. The van der Waals surface area contributed by atoms with Crippen molar-refractivity contribution in [3.63, 3.8) is 0 Å². The molecule has 1 amide bonds. The Bertz CT molecular complexity index is 968. The van der Waals surface area contributed by atoms with Crippen molar-refractivity contribution in [1.29, 1.82) is 0 Å². The van der Waals surface area contributed by atoms with E-state index in [0.29, 0.717) is 43.1 Å². The number of benzene rings is 1. The van der Waals surface area contributed by atoms with Crippen LogP contribution < -0.4 is 5.32 Å². The number of nitrogens with zero attached hydrogens (tertiary/aromatic N) is 3. The van der Waals surface area contributed by atoms with E-state index in [-0.39, 0.29) is 5.91 Å². The van der Waals surface area contributed by atoms with Crippen molar-refractivity contribution in [2.24, 2.45) is 5.92 Å². The molecule has 164 valence electrons. The number of rotatable bonds is 10. The Balaban J connectivity index is 1.61. The van der Waals surface area contributed by atoms with Crippen molar-refractivity contribution in [3.05, 3.63) is 83.3 Å². The van der Waals surface area contributed by atoms with Crippen LogP contribution in [0.2, 0.25) is 0 Å². The number of hydrogen-bond donors (Lipinski definition) is 1. The molecule has 0 saturated heterocycles. The van der Waals surface area contributed by atoms with Gasteiger partial charge >= 0.3 is 0 Å². The second-order valence-corrected chi connectivity index (χ2v) is 8.27. The quantitative estimate of drug-likeness (QED) is 0.526. The Kier molecular flexibility index (Phi) is 7.95. The average Bonchev–Trinajstić information content (AvgIpc) is 3.23. The van der Waals surface area contributed by atoms with E-state index in [4.69, 9.17) is 4.42 Å². The van der Waals surface area contributed by atoms with Crippen LogP contribution in [0.25, 0.3) is 0 Å². The van der Waals surface area contributed by atoms with E-state index in [0.717, 1.165) is 12.2 Å². The molecule has 2 aromatic heterocycles. The molecule has 1 N–H and O–H groups in total. The smallest absolute Gasteiger partial charge is 0.273 e. The molecule has 6 heteroatoms. The molecule has 6 nitrogen and oxygen atoms in total. The van der Waals surface area contributed by atoms with Crippen molar-refractivity contribution in [2.45, 2.75) is 53.2 Å². The number of nitrogens with one attached hydrogen (secondary N) is 1. The highest BCUT2D eigenvalue weighted by Gasteiger charge is 2.21. The van der Waals surface area contributed by atoms with Gasteiger partial charge in [0.1, 0.15) is 6.26 Å². The van der Waals surface area contributed by atoms with Crippen LogP contribution in [-0.4, -0.2) is 33.4 Å². The van der Waals surface area contributed by atoms with Crippen LogP contribution in [0.5, 0.6) is 0 Å². The number of carbonyl (C=O) groups is 1. The van der Waals surface area contributed by atoms with Crippen LogP contribution in [0, 0.1) is 12.8 Å². The SMILES string of the molecule is Cc1ccccc1CN(Cc1nc(C(=O)NCCc2ccccn2)co1)C(C)C(C)C. The molecule has 31 heavy (non-hydrogen) atoms. The first kappa shape index (κ1) is 22.7. The molecular weight excluding hydrogens is 388 g/mol. The molecule has 1 unspecified atom stereocenters. The summed E-state index contributed by atoms with van der Waals surface area (Å²) in [7, 11) is 0. The maximum Gasteiger partial charge on any atom is 0.273 e. The number of aryl methyl sites for hydroxylation is 1. The first-order chi connectivity index (χ1) is 14.9. The lowest BCUT2D eigenvalue weighted by atomic mass is 10.0. The largest absolute Gasteiger partial charge is 0.447 e. The summed E-state index contributed by atoms with van der Waals surface area (Å²) in [6.07, 6.45) is 3.87. The predicted molar refractivity (Wildman–Crippen MR) is 122 cm³/mol. The van der Waals surface area contributed by atoms with Crippen molar-refractivity contribution < 1.29 is 9.21 Å². The lowest BCUT2D eigenvalue weighted by molar-refractivity contribution is 0.0949. The molecule has 0 aliphatic heterocycles. The Labute approximate surface area is 184 Å². The Morgan fingerprint density at radius 1 is 1.10 bits per heavy atom. The zero-order valence-corrected chi connectivity index (χ0v) is 18.8. The van der Waals surface area contributed by atoms with Gasteiger partial charge in [0.05, 0.1) is 6.54 Å². The van der Waals surface area contributed by atoms with Crippen LogP contribution in [0.3, 0.4) is 0 Å². The summed E-state index contributed by atoms with van der Waals surface area (Å²) in [4.78, 5) is 23.5. The monoisotopic (exact) mass is 420 g/mol. The van der Waals surface area contributed by atoms with Gasteiger partial charge in [-0.25, -0.2) is 4.98 Å². The molecule has 0 spiro atoms. The van der Waals surface area contributed by atoms with E-state index in [1.54, 1.807) is 6.20 Å². The van der Waals surface area contributed by atoms with Gasteiger partial charge in [-0.05, 0) is 43.0 Å². The third-order valence-corrected chi connectivity index (χ3v) is 5.69. The van der Waals surface area contributed by atoms with E-state index in [1.807, 2.05) is 18.2 Å². The second kappa shape index (κ2) is 10.9. The van der Waals surface area contributed by atoms with Gasteiger partial charge < -0.3 is 9.73 Å². The number of amides is 1. The Morgan fingerprint density at radius 2 is 1.87 bits per heavy atom. The van der Waals surface area contributed by atoms with Crippen LogP contribution >= 0.6 is 0 Å². The lowest BCUT2D eigenvalue weighted by Crippen LogP contribution is -2.36. The van der Waals surface area contributed by atoms with Gasteiger partial charge in [-0.1, -0.05) is 44.2 Å². The average molecular weight is 421 g/mol. The van der Waals surface area contributed by atoms with Crippen LogP contribution in [0.15, 0.2) is 59.3 Å². The molecular formula is C25H32N4O2. The first-order valence-corrected chi connectivity index (χ1v) is 10.8. The summed E-state index contributed by atoms with van der Waals surface area (Å²) in [5.74, 6) is 0.803. The highest BCUT2D eigenvalue weighted by atomic mass is 16.3. The fraction of sp³-hybridized carbons (Fsp3) is 0.400. The van der Waals surface area contributed by atoms with E-state index >= 15 is 0 Å². The van der Waals surface area contributed by atoms with Crippen LogP contribution in [0.1, 0.15) is 54.0 Å². The molecule has 0 bridgehead atoms. The zero-order valence-electron chi connectivity index (χ0n) is 18.8. The maximum absolute atomic E-state index is 12.4. The fourth-order valence-corrected chi connectivity index (χ4v) is 3.37. The minimum absolute atomic E-state index is 0.228. The Hall–Kier alpha value is -2.99. The molecule has 2 heterocycles. The molecule has 1 atom stereocenters. The molecule has 0 saturated carbocycles. The van der Waals surface area contributed by atoms with Crippen molar-refractivity contribution in [1.82, 2.24) is 20.2 Å². The van der Waals surface area contributed by atoms with Gasteiger partial charge in [-0.15, -0.1) is 0 Å². The molecule has 3 rings (SSSR count). The highest BCUT2D eigenvalue weighted by molar-refractivity contribution is 5.91. The van der Waals surface area contributed by atoms with Gasteiger partial charge in [0.2, 0.25) is 5.89 Å². The predicted octanol–water partition coefficient (Wildman–Crippen LogP) is 4.40. The number of carbonyl (C=O) groups excluding carboxylic acids is 1. The number of pyridine rings is 1. The molecule has 0 fully saturated rings. The van der Waals surface area contributed by atoms with E-state index in [1.165, 1.54) is 17.4 Å². The molecule has 0 aliphatic carbocycles. The summed E-state index contributed by atoms with van der Waals surface area (Å²) in [6.45, 7) is 10.6. The van der Waals surface area contributed by atoms with Gasteiger partial charge in [0.25, 0.3) is 5.91 Å². The minimum atomic E-state index is -0.228. The summed E-state index contributed by atoms with van der Waals surface area (Å²) in [5.41, 5.74) is 3.81. The van der Waals surface area contributed by atoms with Crippen LogP contribution in [-0.2, 0) is 19.5 Å². The number of aromatic nitrogens is 2. The van der Waals surface area contributed by atoms with Gasteiger partial charge in [-0.3, -0.25) is 14.7 Å². The second-order valence-electron chi connectivity index (χ2n) is 8.27. The summed E-state index contributed by atoms with van der Waals surface area (Å²) >= 11 is 0. The summed E-state index contributed by atoms with van der Waals surface area (Å²) in [5, 5.41) is 2.89. The van der Waals surface area contributed by atoms with Crippen molar-refractivity contribution in [2.75, 3.05) is 6.54 Å². The fourth-order valence-electron chi connectivity index (χ4n) is 3.37. The van der Waals surface area contributed by atoms with Gasteiger partial charge in [0, 0.05) is 37.4 Å². The standard InChI is InChI=1S/C25H32N4O2/c1-18(2)20(4)29(15-21-10-6-5-9-19(21)3)16-24-28-23(17-31-24)25(30)27-14-12-22-11-7-8-13-26-22/h5-11,13,17-18,20H,12,14-16H2,1-4H3,(H,27,30). The summed E-state index contributed by atoms with van der Waals surface area (Å²) in [6, 6.07) is 14.5. The maximum atomic E-state index is 12.4. The molecule has 0 aliphatic rings. The highest BCUT2D eigenvalue weighted by Crippen LogP contribution is 2.19. The number of oxazole rings is 1. The minimum Gasteiger partial charge on any atom is -0.447 e. The van der Waals surface area contributed by atoms with E-state index < -0.39 is 0 Å². The van der Waals surface area contributed by atoms with Crippen molar-refractivity contribution in [3.8, 4) is 0 Å². The van der Waals surface area contributed by atoms with E-state index in [2.05, 4.69) is 72.1 Å². The number of hydrogen-bond acceptors (Lipinski definition) is 5. The normalized spacial score (nSPS) is 12.3. The molecule has 0 radical (unpaired) electrons.